The number of hydrogen-bond donors (Lipinski definition) is 1. The van der Waals surface area contributed by atoms with E-state index in [4.69, 9.17) is 10.5 Å². The van der Waals surface area contributed by atoms with E-state index in [-0.39, 0.29) is 5.88 Å². The summed E-state index contributed by atoms with van der Waals surface area (Å²) < 4.78 is 5.96. The summed E-state index contributed by atoms with van der Waals surface area (Å²) in [4.78, 5) is 0. The Morgan fingerprint density at radius 1 is 1.40 bits per heavy atom. The van der Waals surface area contributed by atoms with Crippen molar-refractivity contribution in [2.75, 3.05) is 12.3 Å². The Bertz CT molecular complexity index is 497. The van der Waals surface area contributed by atoms with Gasteiger partial charge in [-0.1, -0.05) is 12.1 Å². The Balaban J connectivity index is 2.72. The molecule has 2 N–H and O–H groups in total. The molecule has 0 atom stereocenters. The lowest BCUT2D eigenvalue weighted by atomic mass is 10.2. The summed E-state index contributed by atoms with van der Waals surface area (Å²) in [7, 11) is 0. The lowest BCUT2D eigenvalue weighted by Crippen LogP contribution is -2.30. The van der Waals surface area contributed by atoms with Crippen molar-refractivity contribution < 1.29 is 9.47 Å². The second kappa shape index (κ2) is 3.65. The Morgan fingerprint density at radius 3 is 2.87 bits per heavy atom. The van der Waals surface area contributed by atoms with Crippen LogP contribution < -0.4 is 15.2 Å². The summed E-state index contributed by atoms with van der Waals surface area (Å²) in [5, 5.41) is 12.6. The average Bonchev–Trinajstić information content (AvgIpc) is 2.26. The molecule has 0 aliphatic carbocycles. The standard InChI is InChI=1S/C11H12N2O2/c1-2-15-11-7-9(12)8-5-3-4-6-10(8)13(11)14/h3-7H,2,12H2,1H3. The molecule has 0 radical (unpaired) electrons. The van der Waals surface area contributed by atoms with Crippen molar-refractivity contribution in [1.82, 2.24) is 0 Å². The highest BCUT2D eigenvalue weighted by molar-refractivity contribution is 5.88. The molecule has 4 nitrogen and oxygen atoms in total. The van der Waals surface area contributed by atoms with Crippen LogP contribution in [0.4, 0.5) is 5.69 Å². The lowest BCUT2D eigenvalue weighted by molar-refractivity contribution is -0.585. The van der Waals surface area contributed by atoms with Gasteiger partial charge in [-0.15, -0.1) is 4.73 Å². The third-order valence-corrected chi connectivity index (χ3v) is 2.21. The Morgan fingerprint density at radius 2 is 2.13 bits per heavy atom. The minimum Gasteiger partial charge on any atom is -0.616 e. The molecule has 2 rings (SSSR count). The largest absolute Gasteiger partial charge is 0.616 e. The minimum absolute atomic E-state index is 0.244. The molecule has 0 fully saturated rings. The van der Waals surface area contributed by atoms with Crippen molar-refractivity contribution in [3.05, 3.63) is 35.5 Å². The molecule has 2 aromatic rings. The highest BCUT2D eigenvalue weighted by atomic mass is 16.5. The number of rotatable bonds is 2. The smallest absolute Gasteiger partial charge is 0.382 e. The topological polar surface area (TPSA) is 62.2 Å². The van der Waals surface area contributed by atoms with Crippen LogP contribution in [0.15, 0.2) is 30.3 Å². The zero-order chi connectivity index (χ0) is 10.8. The van der Waals surface area contributed by atoms with Crippen molar-refractivity contribution in [3.63, 3.8) is 0 Å². The van der Waals surface area contributed by atoms with Crippen molar-refractivity contribution in [1.29, 1.82) is 0 Å². The maximum absolute atomic E-state index is 11.8. The van der Waals surface area contributed by atoms with E-state index in [1.807, 2.05) is 19.1 Å². The van der Waals surface area contributed by atoms with Gasteiger partial charge in [0.2, 0.25) is 5.52 Å². The second-order valence-electron chi connectivity index (χ2n) is 3.18. The van der Waals surface area contributed by atoms with E-state index in [0.717, 1.165) is 10.1 Å². The molecule has 0 aliphatic heterocycles. The third-order valence-electron chi connectivity index (χ3n) is 2.21. The molecule has 0 amide bonds. The zero-order valence-electron chi connectivity index (χ0n) is 8.43. The van der Waals surface area contributed by atoms with Crippen molar-refractivity contribution in [3.8, 4) is 5.88 Å². The molecular formula is C11H12N2O2. The van der Waals surface area contributed by atoms with Crippen LogP contribution in [-0.4, -0.2) is 6.61 Å². The fraction of sp³-hybridized carbons (Fsp3) is 0.182. The molecule has 0 spiro atoms. The van der Waals surface area contributed by atoms with E-state index >= 15 is 0 Å². The average molecular weight is 204 g/mol. The van der Waals surface area contributed by atoms with Gasteiger partial charge in [0.05, 0.1) is 23.7 Å². The molecule has 1 aromatic carbocycles. The van der Waals surface area contributed by atoms with Gasteiger partial charge in [-0.05, 0) is 13.0 Å². The van der Waals surface area contributed by atoms with Crippen molar-refractivity contribution in [2.24, 2.45) is 0 Å². The molecule has 1 aromatic heterocycles. The highest BCUT2D eigenvalue weighted by Crippen LogP contribution is 2.21. The van der Waals surface area contributed by atoms with E-state index in [2.05, 4.69) is 0 Å². The van der Waals surface area contributed by atoms with Gasteiger partial charge in [0.15, 0.2) is 0 Å². The van der Waals surface area contributed by atoms with Gasteiger partial charge >= 0.3 is 5.88 Å². The van der Waals surface area contributed by atoms with Crippen LogP contribution in [0, 0.1) is 5.21 Å². The van der Waals surface area contributed by atoms with Gasteiger partial charge in [-0.2, -0.15) is 0 Å². The predicted octanol–water partition coefficient (Wildman–Crippen LogP) is 1.45. The molecule has 78 valence electrons. The van der Waals surface area contributed by atoms with Crippen LogP contribution in [0.1, 0.15) is 6.92 Å². The second-order valence-corrected chi connectivity index (χ2v) is 3.18. The number of pyridine rings is 1. The van der Waals surface area contributed by atoms with Crippen LogP contribution in [0.2, 0.25) is 0 Å². The molecule has 0 saturated carbocycles. The first-order valence-electron chi connectivity index (χ1n) is 4.77. The van der Waals surface area contributed by atoms with Gasteiger partial charge in [-0.25, -0.2) is 0 Å². The van der Waals surface area contributed by atoms with E-state index in [1.165, 1.54) is 0 Å². The Kier molecular flexibility index (Phi) is 2.33. The third kappa shape index (κ3) is 1.54. The maximum Gasteiger partial charge on any atom is 0.382 e. The summed E-state index contributed by atoms with van der Waals surface area (Å²) in [5.74, 6) is 0.244. The van der Waals surface area contributed by atoms with Crippen LogP contribution in [0.25, 0.3) is 10.9 Å². The first kappa shape index (κ1) is 9.58. The number of anilines is 1. The van der Waals surface area contributed by atoms with E-state index < -0.39 is 0 Å². The first-order valence-corrected chi connectivity index (χ1v) is 4.77. The highest BCUT2D eigenvalue weighted by Gasteiger charge is 2.13. The van der Waals surface area contributed by atoms with E-state index in [0.29, 0.717) is 17.8 Å². The molecule has 1 heterocycles. The summed E-state index contributed by atoms with van der Waals surface area (Å²) in [6.45, 7) is 2.27. The Labute approximate surface area is 87.5 Å². The molecule has 4 heteroatoms. The van der Waals surface area contributed by atoms with Crippen LogP contribution in [0.3, 0.4) is 0 Å². The number of hydrogen-bond acceptors (Lipinski definition) is 3. The van der Waals surface area contributed by atoms with Crippen LogP contribution in [-0.2, 0) is 0 Å². The number of fused-ring (bicyclic) bond motifs is 1. The van der Waals surface area contributed by atoms with Crippen LogP contribution in [0.5, 0.6) is 5.88 Å². The van der Waals surface area contributed by atoms with Gasteiger partial charge < -0.3 is 15.7 Å². The number of nitrogen functional groups attached to an aromatic ring is 1. The first-order chi connectivity index (χ1) is 7.24. The lowest BCUT2D eigenvalue weighted by Gasteiger charge is -2.08. The van der Waals surface area contributed by atoms with Crippen molar-refractivity contribution >= 4 is 16.6 Å². The Hall–Kier alpha value is -1.97. The van der Waals surface area contributed by atoms with Gasteiger partial charge in [-0.3, -0.25) is 0 Å². The fourth-order valence-corrected chi connectivity index (χ4v) is 1.53. The fourth-order valence-electron chi connectivity index (χ4n) is 1.53. The van der Waals surface area contributed by atoms with E-state index in [9.17, 15) is 5.21 Å². The number of nitrogens with zero attached hydrogens (tertiary/aromatic N) is 1. The summed E-state index contributed by atoms with van der Waals surface area (Å²) >= 11 is 0. The molecule has 0 unspecified atom stereocenters. The van der Waals surface area contributed by atoms with Crippen molar-refractivity contribution in [2.45, 2.75) is 6.92 Å². The number of ether oxygens (including phenoxy) is 1. The minimum atomic E-state index is 0.244. The number of nitrogens with two attached hydrogens (primary N) is 1. The quantitative estimate of drug-likeness (QED) is 0.595. The maximum atomic E-state index is 11.8. The molecular weight excluding hydrogens is 192 g/mol. The molecule has 0 saturated heterocycles. The van der Waals surface area contributed by atoms with Gasteiger partial charge in [0.1, 0.15) is 0 Å². The zero-order valence-corrected chi connectivity index (χ0v) is 8.43. The number of benzene rings is 1. The van der Waals surface area contributed by atoms with Gasteiger partial charge in [0.25, 0.3) is 0 Å². The van der Waals surface area contributed by atoms with E-state index in [1.54, 1.807) is 18.2 Å². The summed E-state index contributed by atoms with van der Waals surface area (Å²) in [6.07, 6.45) is 0. The summed E-state index contributed by atoms with van der Waals surface area (Å²) in [6, 6.07) is 8.74. The summed E-state index contributed by atoms with van der Waals surface area (Å²) in [5.41, 5.74) is 6.91. The predicted molar refractivity (Wildman–Crippen MR) is 58.5 cm³/mol. The number of para-hydroxylation sites is 1. The van der Waals surface area contributed by atoms with Gasteiger partial charge in [0, 0.05) is 6.07 Å². The normalized spacial score (nSPS) is 10.5. The number of aromatic nitrogens is 1. The monoisotopic (exact) mass is 204 g/mol. The van der Waals surface area contributed by atoms with Crippen LogP contribution >= 0.6 is 0 Å². The SMILES string of the molecule is CCOc1cc(N)c2ccccc2[n+]1[O-]. The molecule has 0 aliphatic rings. The molecule has 15 heavy (non-hydrogen) atoms. The molecule has 0 bridgehead atoms.